The third-order valence-electron chi connectivity index (χ3n) is 3.19. The summed E-state index contributed by atoms with van der Waals surface area (Å²) in [6.07, 6.45) is 5.01. The molecule has 0 aliphatic heterocycles. The smallest absolute Gasteiger partial charge is 0.221 e. The third kappa shape index (κ3) is 7.48. The van der Waals surface area contributed by atoms with Crippen molar-refractivity contribution in [2.24, 2.45) is 4.99 Å². The number of pyridine rings is 1. The van der Waals surface area contributed by atoms with E-state index in [1.165, 1.54) is 19.1 Å². The topological polar surface area (TPSA) is 63.6 Å². The van der Waals surface area contributed by atoms with E-state index < -0.39 is 0 Å². The van der Waals surface area contributed by atoms with Gasteiger partial charge >= 0.3 is 0 Å². The van der Waals surface area contributed by atoms with Crippen LogP contribution in [0.25, 0.3) is 0 Å². The number of hydrogen-bond acceptors (Lipinski definition) is 4. The van der Waals surface area contributed by atoms with E-state index >= 15 is 0 Å². The molecule has 3 aromatic rings. The summed E-state index contributed by atoms with van der Waals surface area (Å²) in [6.45, 7) is 1.47. The van der Waals surface area contributed by atoms with Crippen molar-refractivity contribution in [3.63, 3.8) is 0 Å². The van der Waals surface area contributed by atoms with Crippen LogP contribution in [0.2, 0.25) is 0 Å². The number of halogens is 1. The minimum atomic E-state index is -0.215. The van der Waals surface area contributed by atoms with Crippen LogP contribution in [0.15, 0.2) is 78.0 Å². The van der Waals surface area contributed by atoms with Gasteiger partial charge in [-0.1, -0.05) is 12.1 Å². The quantitative estimate of drug-likeness (QED) is 0.681. The van der Waals surface area contributed by atoms with Crippen molar-refractivity contribution in [3.05, 3.63) is 84.4 Å². The second kappa shape index (κ2) is 10.5. The van der Waals surface area contributed by atoms with Gasteiger partial charge in [-0.05, 0) is 54.1 Å². The van der Waals surface area contributed by atoms with Gasteiger partial charge in [0.25, 0.3) is 0 Å². The number of rotatable bonds is 4. The third-order valence-corrected chi connectivity index (χ3v) is 3.19. The maximum atomic E-state index is 12.3. The first-order chi connectivity index (χ1) is 13.1. The van der Waals surface area contributed by atoms with Crippen molar-refractivity contribution in [1.29, 1.82) is 0 Å². The maximum absolute atomic E-state index is 12.3. The molecule has 0 fully saturated rings. The Kier molecular flexibility index (Phi) is 7.66. The van der Waals surface area contributed by atoms with Crippen molar-refractivity contribution < 1.29 is 13.9 Å². The summed E-state index contributed by atoms with van der Waals surface area (Å²) in [5, 5.41) is 2.69. The largest absolute Gasteiger partial charge is 0.456 e. The molecule has 0 radical (unpaired) electrons. The Labute approximate surface area is 157 Å². The van der Waals surface area contributed by atoms with Crippen molar-refractivity contribution >= 4 is 17.8 Å². The molecule has 1 amide bonds. The summed E-state index contributed by atoms with van der Waals surface area (Å²) in [6, 6.07) is 17.0. The van der Waals surface area contributed by atoms with E-state index in [0.717, 1.165) is 11.3 Å². The molecule has 0 unspecified atom stereocenters. The van der Waals surface area contributed by atoms with E-state index in [0.29, 0.717) is 11.5 Å². The van der Waals surface area contributed by atoms with Gasteiger partial charge in [0, 0.05) is 32.1 Å². The van der Waals surface area contributed by atoms with Gasteiger partial charge in [0.2, 0.25) is 5.91 Å². The monoisotopic (exact) mass is 365 g/mol. The van der Waals surface area contributed by atoms with Gasteiger partial charge in [0.1, 0.15) is 17.3 Å². The summed E-state index contributed by atoms with van der Waals surface area (Å²) in [7, 11) is 1.68. The van der Waals surface area contributed by atoms with E-state index in [-0.39, 0.29) is 11.7 Å². The van der Waals surface area contributed by atoms with Crippen LogP contribution >= 0.6 is 0 Å². The first-order valence-corrected chi connectivity index (χ1v) is 8.20. The Hall–Kier alpha value is -3.54. The summed E-state index contributed by atoms with van der Waals surface area (Å²) in [5.74, 6) is 1.08. The zero-order valence-electron chi connectivity index (χ0n) is 15.1. The summed E-state index contributed by atoms with van der Waals surface area (Å²) >= 11 is 0. The lowest BCUT2D eigenvalue weighted by Crippen LogP contribution is -2.05. The molecule has 138 valence electrons. The van der Waals surface area contributed by atoms with Crippen LogP contribution in [-0.2, 0) is 4.79 Å². The van der Waals surface area contributed by atoms with Crippen molar-refractivity contribution in [2.45, 2.75) is 6.92 Å². The van der Waals surface area contributed by atoms with Crippen molar-refractivity contribution in [3.8, 4) is 11.5 Å². The Morgan fingerprint density at radius 3 is 2.33 bits per heavy atom. The Morgan fingerprint density at radius 2 is 1.78 bits per heavy atom. The highest BCUT2D eigenvalue weighted by Crippen LogP contribution is 2.21. The molecule has 1 N–H and O–H groups in total. The molecule has 0 saturated heterocycles. The van der Waals surface area contributed by atoms with Crippen molar-refractivity contribution in [1.82, 2.24) is 4.98 Å². The number of carbonyl (C=O) groups is 1. The molecule has 3 rings (SSSR count). The van der Waals surface area contributed by atoms with Crippen LogP contribution in [0.5, 0.6) is 11.5 Å². The van der Waals surface area contributed by atoms with Gasteiger partial charge < -0.3 is 10.1 Å². The van der Waals surface area contributed by atoms with Gasteiger partial charge in [-0.25, -0.2) is 4.39 Å². The van der Waals surface area contributed by atoms with Crippen LogP contribution in [-0.4, -0.2) is 24.2 Å². The highest BCUT2D eigenvalue weighted by Gasteiger charge is 1.98. The second-order valence-electron chi connectivity index (χ2n) is 5.44. The number of ether oxygens (including phenoxy) is 1. The molecule has 0 aliphatic carbocycles. The molecule has 0 aliphatic rings. The molecule has 0 bridgehead atoms. The van der Waals surface area contributed by atoms with Crippen LogP contribution in [0, 0.1) is 5.82 Å². The molecule has 1 heterocycles. The van der Waals surface area contributed by atoms with Gasteiger partial charge in [-0.3, -0.25) is 14.8 Å². The minimum Gasteiger partial charge on any atom is -0.456 e. The number of nitrogens with one attached hydrogen (secondary N) is 1. The fraction of sp³-hybridized carbons (Fsp3) is 0.0952. The number of anilines is 1. The lowest BCUT2D eigenvalue weighted by molar-refractivity contribution is -0.114. The average Bonchev–Trinajstić information content (AvgIpc) is 2.66. The number of benzene rings is 2. The Balaban J connectivity index is 0.000000223. The summed E-state index contributed by atoms with van der Waals surface area (Å²) in [5.41, 5.74) is 1.67. The number of hydrogen-bond donors (Lipinski definition) is 1. The molecular weight excluding hydrogens is 345 g/mol. The first-order valence-electron chi connectivity index (χ1n) is 8.20. The van der Waals surface area contributed by atoms with Crippen LogP contribution < -0.4 is 10.1 Å². The standard InChI is InChI=1S/C13H12N2O2.C8H8FN/c1-10(16)15-11-4-6-12(7-5-11)17-13-3-2-8-14-9-13;1-10-6-7-2-4-8(9)5-3-7/h2-9H,1H3,(H,15,16);2-6H,1H3. The molecule has 0 spiro atoms. The van der Waals surface area contributed by atoms with Gasteiger partial charge in [-0.2, -0.15) is 0 Å². The van der Waals surface area contributed by atoms with Crippen LogP contribution in [0.3, 0.4) is 0 Å². The number of amides is 1. The Morgan fingerprint density at radius 1 is 1.07 bits per heavy atom. The average molecular weight is 365 g/mol. The SMILES string of the molecule is CC(=O)Nc1ccc(Oc2cccnc2)cc1.CN=Cc1ccc(F)cc1. The zero-order valence-corrected chi connectivity index (χ0v) is 15.1. The second-order valence-corrected chi connectivity index (χ2v) is 5.44. The summed E-state index contributed by atoms with van der Waals surface area (Å²) in [4.78, 5) is 18.6. The molecule has 1 aromatic heterocycles. The predicted molar refractivity (Wildman–Crippen MR) is 105 cm³/mol. The molecule has 5 nitrogen and oxygen atoms in total. The van der Waals surface area contributed by atoms with Crippen LogP contribution in [0.4, 0.5) is 10.1 Å². The lowest BCUT2D eigenvalue weighted by Gasteiger charge is -2.06. The number of nitrogens with zero attached hydrogens (tertiary/aromatic N) is 2. The van der Waals surface area contributed by atoms with E-state index in [4.69, 9.17) is 4.74 Å². The fourth-order valence-corrected chi connectivity index (χ4v) is 2.05. The van der Waals surface area contributed by atoms with Gasteiger partial charge in [-0.15, -0.1) is 0 Å². The predicted octanol–water partition coefficient (Wildman–Crippen LogP) is 4.71. The first kappa shape index (κ1) is 19.8. The van der Waals surface area contributed by atoms with E-state index in [1.807, 2.05) is 6.07 Å². The molecule has 0 saturated carbocycles. The zero-order chi connectivity index (χ0) is 19.5. The Bertz CT molecular complexity index is 864. The molecular formula is C21H20FN3O2. The van der Waals surface area contributed by atoms with E-state index in [1.54, 1.807) is 68.1 Å². The van der Waals surface area contributed by atoms with E-state index in [2.05, 4.69) is 15.3 Å². The molecule has 2 aromatic carbocycles. The fourth-order valence-electron chi connectivity index (χ4n) is 2.05. The summed E-state index contributed by atoms with van der Waals surface area (Å²) < 4.78 is 17.8. The molecule has 27 heavy (non-hydrogen) atoms. The normalized spacial score (nSPS) is 10.0. The molecule has 6 heteroatoms. The minimum absolute atomic E-state index is 0.0917. The van der Waals surface area contributed by atoms with E-state index in [9.17, 15) is 9.18 Å². The van der Waals surface area contributed by atoms with Gasteiger partial charge in [0.05, 0.1) is 6.20 Å². The number of carbonyl (C=O) groups excluding carboxylic acids is 1. The maximum Gasteiger partial charge on any atom is 0.221 e. The highest BCUT2D eigenvalue weighted by atomic mass is 19.1. The van der Waals surface area contributed by atoms with Crippen molar-refractivity contribution in [2.75, 3.05) is 12.4 Å². The number of aliphatic imine (C=N–C) groups is 1. The van der Waals surface area contributed by atoms with Crippen LogP contribution in [0.1, 0.15) is 12.5 Å². The lowest BCUT2D eigenvalue weighted by atomic mass is 10.2. The van der Waals surface area contributed by atoms with Gasteiger partial charge in [0.15, 0.2) is 0 Å². The number of aromatic nitrogens is 1. The highest BCUT2D eigenvalue weighted by molar-refractivity contribution is 5.88. The molecule has 0 atom stereocenters.